The normalized spacial score (nSPS) is 11.4. The minimum Gasteiger partial charge on any atom is -0.508 e. The first-order valence-electron chi connectivity index (χ1n) is 6.44. The molecule has 0 aromatic heterocycles. The summed E-state index contributed by atoms with van der Waals surface area (Å²) in [6.45, 7) is 11.4. The van der Waals surface area contributed by atoms with Gasteiger partial charge >= 0.3 is 0 Å². The van der Waals surface area contributed by atoms with Crippen LogP contribution in [-0.4, -0.2) is 29.0 Å². The quantitative estimate of drug-likeness (QED) is 0.893. The number of aromatic hydroxyl groups is 1. The zero-order valence-electron chi connectivity index (χ0n) is 11.9. The molecular weight excluding hydrogens is 226 g/mol. The van der Waals surface area contributed by atoms with Crippen molar-refractivity contribution in [1.82, 2.24) is 4.90 Å². The van der Waals surface area contributed by atoms with Crippen LogP contribution in [0, 0.1) is 0 Å². The lowest BCUT2D eigenvalue weighted by atomic mass is 9.85. The molecule has 100 valence electrons. The van der Waals surface area contributed by atoms with Crippen LogP contribution in [-0.2, 0) is 5.41 Å². The first kappa shape index (κ1) is 14.6. The summed E-state index contributed by atoms with van der Waals surface area (Å²) in [4.78, 5) is 14.0. The highest BCUT2D eigenvalue weighted by Gasteiger charge is 2.21. The van der Waals surface area contributed by atoms with Gasteiger partial charge in [-0.1, -0.05) is 20.8 Å². The maximum absolute atomic E-state index is 12.2. The zero-order valence-corrected chi connectivity index (χ0v) is 11.9. The molecule has 0 radical (unpaired) electrons. The van der Waals surface area contributed by atoms with E-state index in [2.05, 4.69) is 0 Å². The van der Waals surface area contributed by atoms with Crippen molar-refractivity contribution in [2.45, 2.75) is 40.0 Å². The van der Waals surface area contributed by atoms with E-state index >= 15 is 0 Å². The van der Waals surface area contributed by atoms with Gasteiger partial charge in [0.05, 0.1) is 0 Å². The molecule has 0 fully saturated rings. The topological polar surface area (TPSA) is 40.5 Å². The van der Waals surface area contributed by atoms with E-state index in [9.17, 15) is 9.90 Å². The number of hydrogen-bond donors (Lipinski definition) is 1. The Kier molecular flexibility index (Phi) is 4.38. The van der Waals surface area contributed by atoms with E-state index in [1.807, 2.05) is 34.6 Å². The van der Waals surface area contributed by atoms with Crippen molar-refractivity contribution in [1.29, 1.82) is 0 Å². The average molecular weight is 249 g/mol. The van der Waals surface area contributed by atoms with E-state index in [0.29, 0.717) is 18.7 Å². The van der Waals surface area contributed by atoms with Gasteiger partial charge in [0.25, 0.3) is 5.91 Å². The summed E-state index contributed by atoms with van der Waals surface area (Å²) < 4.78 is 0. The Morgan fingerprint density at radius 1 is 1.22 bits per heavy atom. The Balaban J connectivity index is 3.17. The Hall–Kier alpha value is -1.51. The molecule has 1 aromatic rings. The van der Waals surface area contributed by atoms with Crippen molar-refractivity contribution >= 4 is 5.91 Å². The van der Waals surface area contributed by atoms with Crippen molar-refractivity contribution in [3.8, 4) is 5.75 Å². The highest BCUT2D eigenvalue weighted by Crippen LogP contribution is 2.31. The molecule has 0 aliphatic carbocycles. The minimum atomic E-state index is -0.177. The molecule has 0 heterocycles. The van der Waals surface area contributed by atoms with Crippen LogP contribution in [0.4, 0.5) is 0 Å². The molecule has 1 amide bonds. The van der Waals surface area contributed by atoms with Gasteiger partial charge in [0.2, 0.25) is 0 Å². The largest absolute Gasteiger partial charge is 0.508 e. The zero-order chi connectivity index (χ0) is 13.9. The molecule has 0 saturated carbocycles. The predicted octanol–water partition coefficient (Wildman–Crippen LogP) is 3.17. The molecule has 0 aliphatic rings. The standard InChI is InChI=1S/C15H23NO2/c1-6-16(7-2)14(18)11-8-9-13(17)12(10-11)15(3,4)5/h8-10,17H,6-7H2,1-5H3. The van der Waals surface area contributed by atoms with Crippen molar-refractivity contribution in [2.24, 2.45) is 0 Å². The van der Waals surface area contributed by atoms with Crippen molar-refractivity contribution in [3.63, 3.8) is 0 Å². The summed E-state index contributed by atoms with van der Waals surface area (Å²) in [5.41, 5.74) is 1.27. The highest BCUT2D eigenvalue weighted by atomic mass is 16.3. The fourth-order valence-corrected chi connectivity index (χ4v) is 1.96. The van der Waals surface area contributed by atoms with E-state index in [1.54, 1.807) is 23.1 Å². The second-order valence-corrected chi connectivity index (χ2v) is 5.46. The van der Waals surface area contributed by atoms with Gasteiger partial charge in [0.1, 0.15) is 5.75 Å². The second kappa shape index (κ2) is 5.42. The van der Waals surface area contributed by atoms with Crippen molar-refractivity contribution in [2.75, 3.05) is 13.1 Å². The van der Waals surface area contributed by atoms with Gasteiger partial charge < -0.3 is 10.0 Å². The number of nitrogens with zero attached hydrogens (tertiary/aromatic N) is 1. The van der Waals surface area contributed by atoms with Crippen LogP contribution in [0.5, 0.6) is 5.75 Å². The second-order valence-electron chi connectivity index (χ2n) is 5.46. The molecule has 1 N–H and O–H groups in total. The van der Waals surface area contributed by atoms with E-state index in [1.165, 1.54) is 0 Å². The number of phenolic OH excluding ortho intramolecular Hbond substituents is 1. The predicted molar refractivity (Wildman–Crippen MR) is 74.1 cm³/mol. The number of hydrogen-bond acceptors (Lipinski definition) is 2. The van der Waals surface area contributed by atoms with E-state index in [-0.39, 0.29) is 17.1 Å². The van der Waals surface area contributed by atoms with Crippen LogP contribution >= 0.6 is 0 Å². The van der Waals surface area contributed by atoms with E-state index in [0.717, 1.165) is 5.56 Å². The lowest BCUT2D eigenvalue weighted by molar-refractivity contribution is 0.0773. The molecule has 18 heavy (non-hydrogen) atoms. The summed E-state index contributed by atoms with van der Waals surface area (Å²) in [7, 11) is 0. The maximum Gasteiger partial charge on any atom is 0.253 e. The number of benzene rings is 1. The van der Waals surface area contributed by atoms with Crippen LogP contribution in [0.2, 0.25) is 0 Å². The van der Waals surface area contributed by atoms with Gasteiger partial charge in [-0.25, -0.2) is 0 Å². The van der Waals surface area contributed by atoms with E-state index in [4.69, 9.17) is 0 Å². The third kappa shape index (κ3) is 3.03. The van der Waals surface area contributed by atoms with Gasteiger partial charge in [-0.15, -0.1) is 0 Å². The third-order valence-corrected chi connectivity index (χ3v) is 3.10. The molecule has 0 unspecified atom stereocenters. The number of amides is 1. The van der Waals surface area contributed by atoms with Gasteiger partial charge in [0.15, 0.2) is 0 Å². The monoisotopic (exact) mass is 249 g/mol. The average Bonchev–Trinajstić information content (AvgIpc) is 2.29. The Labute approximate surface area is 109 Å². The SMILES string of the molecule is CCN(CC)C(=O)c1ccc(O)c(C(C)(C)C)c1. The molecule has 0 saturated heterocycles. The Morgan fingerprint density at radius 3 is 2.22 bits per heavy atom. The van der Waals surface area contributed by atoms with Crippen molar-refractivity contribution < 1.29 is 9.90 Å². The summed E-state index contributed by atoms with van der Waals surface area (Å²) in [5, 5.41) is 9.88. The lowest BCUT2D eigenvalue weighted by Gasteiger charge is -2.23. The highest BCUT2D eigenvalue weighted by molar-refractivity contribution is 5.94. The summed E-state index contributed by atoms with van der Waals surface area (Å²) in [6, 6.07) is 5.10. The van der Waals surface area contributed by atoms with Gasteiger partial charge in [-0.3, -0.25) is 4.79 Å². The number of carbonyl (C=O) groups excluding carboxylic acids is 1. The molecule has 1 aromatic carbocycles. The first-order chi connectivity index (χ1) is 8.31. The lowest BCUT2D eigenvalue weighted by Crippen LogP contribution is -2.30. The molecule has 0 atom stereocenters. The van der Waals surface area contributed by atoms with Crippen LogP contribution in [0.1, 0.15) is 50.5 Å². The molecule has 0 bridgehead atoms. The molecule has 3 heteroatoms. The van der Waals surface area contributed by atoms with Crippen LogP contribution in [0.15, 0.2) is 18.2 Å². The third-order valence-electron chi connectivity index (χ3n) is 3.10. The smallest absolute Gasteiger partial charge is 0.253 e. The Morgan fingerprint density at radius 2 is 1.78 bits per heavy atom. The van der Waals surface area contributed by atoms with E-state index < -0.39 is 0 Å². The Bertz CT molecular complexity index is 429. The van der Waals surface area contributed by atoms with Crippen LogP contribution in [0.25, 0.3) is 0 Å². The summed E-state index contributed by atoms with van der Waals surface area (Å²) in [6.07, 6.45) is 0. The van der Waals surface area contributed by atoms with Gasteiger partial charge in [-0.2, -0.15) is 0 Å². The number of phenols is 1. The molecular formula is C15H23NO2. The van der Waals surface area contributed by atoms with Crippen molar-refractivity contribution in [3.05, 3.63) is 29.3 Å². The van der Waals surface area contributed by atoms with Gasteiger partial charge in [0, 0.05) is 24.2 Å². The summed E-state index contributed by atoms with van der Waals surface area (Å²) in [5.74, 6) is 0.268. The minimum absolute atomic E-state index is 0.0190. The molecule has 3 nitrogen and oxygen atoms in total. The number of carbonyl (C=O) groups is 1. The maximum atomic E-state index is 12.2. The fourth-order valence-electron chi connectivity index (χ4n) is 1.96. The molecule has 0 aliphatic heterocycles. The molecule has 1 rings (SSSR count). The molecule has 0 spiro atoms. The van der Waals surface area contributed by atoms with Crippen LogP contribution < -0.4 is 0 Å². The van der Waals surface area contributed by atoms with Gasteiger partial charge in [-0.05, 0) is 37.5 Å². The fraction of sp³-hybridized carbons (Fsp3) is 0.533. The summed E-state index contributed by atoms with van der Waals surface area (Å²) >= 11 is 0. The number of rotatable bonds is 3. The first-order valence-corrected chi connectivity index (χ1v) is 6.44. The van der Waals surface area contributed by atoms with Crippen LogP contribution in [0.3, 0.4) is 0 Å².